The van der Waals surface area contributed by atoms with E-state index in [1.807, 2.05) is 30.3 Å². The van der Waals surface area contributed by atoms with Crippen LogP contribution in [0.3, 0.4) is 0 Å². The molecule has 1 aliphatic rings. The van der Waals surface area contributed by atoms with Crippen molar-refractivity contribution in [1.82, 2.24) is 4.72 Å². The highest BCUT2D eigenvalue weighted by molar-refractivity contribution is 7.89. The van der Waals surface area contributed by atoms with Crippen molar-refractivity contribution >= 4 is 10.0 Å². The summed E-state index contributed by atoms with van der Waals surface area (Å²) in [6.07, 6.45) is 2.12. The van der Waals surface area contributed by atoms with Gasteiger partial charge in [-0.25, -0.2) is 13.1 Å². The molecule has 0 amide bonds. The second-order valence-electron chi connectivity index (χ2n) is 5.52. The first-order valence-corrected chi connectivity index (χ1v) is 8.80. The van der Waals surface area contributed by atoms with Crippen LogP contribution in [0.5, 0.6) is 5.75 Å². The molecule has 4 nitrogen and oxygen atoms in total. The third-order valence-electron chi connectivity index (χ3n) is 3.90. The van der Waals surface area contributed by atoms with E-state index in [4.69, 9.17) is 4.74 Å². The fraction of sp³-hybridized carbons (Fsp3) is 0.294. The van der Waals surface area contributed by atoms with E-state index in [9.17, 15) is 8.42 Å². The second-order valence-corrected chi connectivity index (χ2v) is 7.24. The van der Waals surface area contributed by atoms with Crippen LogP contribution in [0.4, 0.5) is 0 Å². The molecule has 1 N–H and O–H groups in total. The molecule has 22 heavy (non-hydrogen) atoms. The molecule has 0 bridgehead atoms. The average molecular weight is 317 g/mol. The van der Waals surface area contributed by atoms with Crippen molar-refractivity contribution in [3.63, 3.8) is 0 Å². The Morgan fingerprint density at radius 2 is 1.68 bits per heavy atom. The van der Waals surface area contributed by atoms with Crippen LogP contribution in [0.25, 0.3) is 0 Å². The minimum absolute atomic E-state index is 0.159. The van der Waals surface area contributed by atoms with Crippen molar-refractivity contribution < 1.29 is 13.2 Å². The highest BCUT2D eigenvalue weighted by Gasteiger charge is 2.35. The molecule has 0 aliphatic heterocycles. The number of hydrogen-bond donors (Lipinski definition) is 1. The van der Waals surface area contributed by atoms with Gasteiger partial charge < -0.3 is 4.74 Å². The summed E-state index contributed by atoms with van der Waals surface area (Å²) in [6, 6.07) is 16.0. The topological polar surface area (TPSA) is 55.4 Å². The summed E-state index contributed by atoms with van der Waals surface area (Å²) in [6.45, 7) is 0. The molecule has 0 saturated heterocycles. The van der Waals surface area contributed by atoms with Gasteiger partial charge in [-0.05, 0) is 48.6 Å². The Bertz CT molecular complexity index is 722. The number of benzene rings is 2. The van der Waals surface area contributed by atoms with Crippen molar-refractivity contribution in [3.05, 3.63) is 60.2 Å². The number of nitrogens with one attached hydrogen (secondary N) is 1. The Balaban J connectivity index is 1.85. The third-order valence-corrected chi connectivity index (χ3v) is 5.36. The highest BCUT2D eigenvalue weighted by atomic mass is 32.2. The quantitative estimate of drug-likeness (QED) is 0.890. The van der Waals surface area contributed by atoms with Gasteiger partial charge in [0.15, 0.2) is 0 Å². The van der Waals surface area contributed by atoms with Crippen LogP contribution in [0, 0.1) is 5.92 Å². The number of hydrogen-bond acceptors (Lipinski definition) is 3. The maximum atomic E-state index is 12.6. The van der Waals surface area contributed by atoms with E-state index < -0.39 is 10.0 Å². The number of ether oxygens (including phenoxy) is 1. The van der Waals surface area contributed by atoms with Gasteiger partial charge in [-0.2, -0.15) is 0 Å². The van der Waals surface area contributed by atoms with Crippen LogP contribution in [-0.4, -0.2) is 15.5 Å². The lowest BCUT2D eigenvalue weighted by Crippen LogP contribution is -2.30. The van der Waals surface area contributed by atoms with E-state index in [2.05, 4.69) is 4.72 Å². The van der Waals surface area contributed by atoms with E-state index in [0.717, 1.165) is 18.4 Å². The Kier molecular flexibility index (Phi) is 4.18. The summed E-state index contributed by atoms with van der Waals surface area (Å²) in [5.41, 5.74) is 1.02. The molecule has 0 unspecified atom stereocenters. The molecule has 1 saturated carbocycles. The van der Waals surface area contributed by atoms with Gasteiger partial charge in [0.2, 0.25) is 10.0 Å². The van der Waals surface area contributed by atoms with Crippen LogP contribution in [0.2, 0.25) is 0 Å². The van der Waals surface area contributed by atoms with Gasteiger partial charge in [-0.1, -0.05) is 30.3 Å². The van der Waals surface area contributed by atoms with Crippen LogP contribution in [0.15, 0.2) is 59.5 Å². The number of sulfonamides is 1. The zero-order chi connectivity index (χ0) is 15.6. The van der Waals surface area contributed by atoms with Gasteiger partial charge in [0.25, 0.3) is 0 Å². The standard InChI is InChI=1S/C17H19NO3S/c1-21-15-9-11-16(12-10-15)22(19,20)18-17(14-7-8-14)13-5-3-2-4-6-13/h2-6,9-12,14,17-18H,7-8H2,1H3/t17-/m0/s1. The molecule has 0 spiro atoms. The van der Waals surface area contributed by atoms with Crippen molar-refractivity contribution in [2.45, 2.75) is 23.8 Å². The normalized spacial score (nSPS) is 16.2. The van der Waals surface area contributed by atoms with Crippen molar-refractivity contribution in [1.29, 1.82) is 0 Å². The molecule has 1 fully saturated rings. The Morgan fingerprint density at radius 1 is 1.05 bits per heavy atom. The summed E-state index contributed by atoms with van der Waals surface area (Å²) in [7, 11) is -1.99. The Morgan fingerprint density at radius 3 is 2.23 bits per heavy atom. The fourth-order valence-electron chi connectivity index (χ4n) is 2.52. The molecule has 1 atom stereocenters. The molecule has 116 valence electrons. The summed E-state index contributed by atoms with van der Waals surface area (Å²) in [5.74, 6) is 1.02. The first-order chi connectivity index (χ1) is 10.6. The monoisotopic (exact) mass is 317 g/mol. The van der Waals surface area contributed by atoms with Gasteiger partial charge in [0.1, 0.15) is 5.75 Å². The predicted octanol–water partition coefficient (Wildman–Crippen LogP) is 3.12. The smallest absolute Gasteiger partial charge is 0.241 e. The van der Waals surface area contributed by atoms with E-state index >= 15 is 0 Å². The maximum absolute atomic E-state index is 12.6. The summed E-state index contributed by atoms with van der Waals surface area (Å²) >= 11 is 0. The number of methoxy groups -OCH3 is 1. The zero-order valence-electron chi connectivity index (χ0n) is 12.4. The van der Waals surface area contributed by atoms with Crippen LogP contribution < -0.4 is 9.46 Å². The van der Waals surface area contributed by atoms with E-state index in [1.54, 1.807) is 31.4 Å². The van der Waals surface area contributed by atoms with E-state index in [-0.39, 0.29) is 10.9 Å². The summed E-state index contributed by atoms with van der Waals surface area (Å²) in [4.78, 5) is 0.259. The summed E-state index contributed by atoms with van der Waals surface area (Å²) < 4.78 is 33.1. The molecule has 1 aliphatic carbocycles. The molecule has 2 aromatic carbocycles. The van der Waals surface area contributed by atoms with Crippen LogP contribution >= 0.6 is 0 Å². The summed E-state index contributed by atoms with van der Waals surface area (Å²) in [5, 5.41) is 0. The zero-order valence-corrected chi connectivity index (χ0v) is 13.2. The molecule has 0 radical (unpaired) electrons. The van der Waals surface area contributed by atoms with Crippen LogP contribution in [0.1, 0.15) is 24.4 Å². The first-order valence-electron chi connectivity index (χ1n) is 7.31. The number of rotatable bonds is 6. The van der Waals surface area contributed by atoms with Crippen molar-refractivity contribution in [2.24, 2.45) is 5.92 Å². The molecule has 0 heterocycles. The largest absolute Gasteiger partial charge is 0.497 e. The second kappa shape index (κ2) is 6.10. The van der Waals surface area contributed by atoms with Gasteiger partial charge in [-0.3, -0.25) is 0 Å². The van der Waals surface area contributed by atoms with Crippen molar-refractivity contribution in [3.8, 4) is 5.75 Å². The highest BCUT2D eigenvalue weighted by Crippen LogP contribution is 2.41. The minimum atomic E-state index is -3.54. The van der Waals surface area contributed by atoms with Gasteiger partial charge in [-0.15, -0.1) is 0 Å². The van der Waals surface area contributed by atoms with Gasteiger partial charge in [0.05, 0.1) is 12.0 Å². The van der Waals surface area contributed by atoms with Gasteiger partial charge in [0, 0.05) is 6.04 Å². The van der Waals surface area contributed by atoms with Crippen molar-refractivity contribution in [2.75, 3.05) is 7.11 Å². The Hall–Kier alpha value is -1.85. The van der Waals surface area contributed by atoms with Crippen LogP contribution in [-0.2, 0) is 10.0 Å². The molecule has 3 rings (SSSR count). The Labute approximate surface area is 131 Å². The molecule has 0 aromatic heterocycles. The first kappa shape index (κ1) is 15.1. The molecule has 5 heteroatoms. The lowest BCUT2D eigenvalue weighted by molar-refractivity contribution is 0.414. The van der Waals surface area contributed by atoms with E-state index in [1.165, 1.54) is 0 Å². The lowest BCUT2D eigenvalue weighted by atomic mass is 10.0. The molecule has 2 aromatic rings. The lowest BCUT2D eigenvalue weighted by Gasteiger charge is -2.19. The fourth-order valence-corrected chi connectivity index (χ4v) is 3.81. The molecular formula is C17H19NO3S. The molecular weight excluding hydrogens is 298 g/mol. The minimum Gasteiger partial charge on any atom is -0.497 e. The predicted molar refractivity (Wildman–Crippen MR) is 85.2 cm³/mol. The van der Waals surface area contributed by atoms with E-state index in [0.29, 0.717) is 11.7 Å². The third kappa shape index (κ3) is 3.31. The SMILES string of the molecule is COc1ccc(S(=O)(=O)N[C@@H](c2ccccc2)C2CC2)cc1. The maximum Gasteiger partial charge on any atom is 0.241 e. The van der Waals surface area contributed by atoms with Gasteiger partial charge >= 0.3 is 0 Å². The average Bonchev–Trinajstić information content (AvgIpc) is 3.38.